The van der Waals surface area contributed by atoms with Crippen LogP contribution in [0.4, 0.5) is 4.79 Å². The Morgan fingerprint density at radius 2 is 1.91 bits per heavy atom. The van der Waals surface area contributed by atoms with E-state index in [4.69, 9.17) is 16.3 Å². The lowest BCUT2D eigenvalue weighted by molar-refractivity contribution is 0.0164. The Labute approximate surface area is 137 Å². The predicted octanol–water partition coefficient (Wildman–Crippen LogP) is 4.55. The number of rotatable bonds is 0. The molecule has 0 N–H and O–H groups in total. The fourth-order valence-electron chi connectivity index (χ4n) is 3.73. The molecule has 4 heteroatoms. The summed E-state index contributed by atoms with van der Waals surface area (Å²) in [6.45, 7) is 7.25. The van der Waals surface area contributed by atoms with Crippen LogP contribution in [0.25, 0.3) is 0 Å². The smallest absolute Gasteiger partial charge is 0.410 e. The minimum absolute atomic E-state index is 0.188. The van der Waals surface area contributed by atoms with E-state index in [1.54, 1.807) is 0 Å². The molecule has 3 nitrogen and oxygen atoms in total. The number of carbonyl (C=O) groups excluding carboxylic acids is 1. The van der Waals surface area contributed by atoms with Crippen LogP contribution in [0.2, 0.25) is 5.02 Å². The first kappa shape index (κ1) is 15.7. The number of piperidine rings is 1. The van der Waals surface area contributed by atoms with Gasteiger partial charge in [-0.05, 0) is 75.1 Å². The van der Waals surface area contributed by atoms with Crippen molar-refractivity contribution in [3.63, 3.8) is 0 Å². The van der Waals surface area contributed by atoms with E-state index in [9.17, 15) is 4.79 Å². The van der Waals surface area contributed by atoms with Crippen molar-refractivity contribution in [2.45, 2.75) is 57.5 Å². The number of nitrogens with zero attached hydrogens (tertiary/aromatic N) is 1. The van der Waals surface area contributed by atoms with Crippen molar-refractivity contribution in [1.29, 1.82) is 0 Å². The average Bonchev–Trinajstić information content (AvgIpc) is 2.76. The Morgan fingerprint density at radius 3 is 2.55 bits per heavy atom. The Kier molecular flexibility index (Phi) is 3.88. The summed E-state index contributed by atoms with van der Waals surface area (Å²) in [6.07, 6.45) is 4.11. The van der Waals surface area contributed by atoms with Gasteiger partial charge < -0.3 is 9.64 Å². The summed E-state index contributed by atoms with van der Waals surface area (Å²) in [5.41, 5.74) is 2.61. The van der Waals surface area contributed by atoms with Gasteiger partial charge >= 0.3 is 6.09 Å². The molecule has 0 unspecified atom stereocenters. The third kappa shape index (κ3) is 2.96. The van der Waals surface area contributed by atoms with Crippen LogP contribution in [0.3, 0.4) is 0 Å². The zero-order chi connectivity index (χ0) is 16.0. The van der Waals surface area contributed by atoms with Gasteiger partial charge in [0.1, 0.15) is 5.60 Å². The van der Waals surface area contributed by atoms with Crippen LogP contribution in [-0.4, -0.2) is 29.7 Å². The van der Waals surface area contributed by atoms with E-state index in [1.807, 2.05) is 31.7 Å². The quantitative estimate of drug-likeness (QED) is 0.701. The molecule has 0 aromatic heterocycles. The van der Waals surface area contributed by atoms with Crippen molar-refractivity contribution in [2.24, 2.45) is 0 Å². The largest absolute Gasteiger partial charge is 0.444 e. The van der Waals surface area contributed by atoms with Crippen molar-refractivity contribution in [3.8, 4) is 0 Å². The molecule has 1 spiro atoms. The molecule has 120 valence electrons. The molecule has 0 radical (unpaired) electrons. The van der Waals surface area contributed by atoms with Gasteiger partial charge in [-0.2, -0.15) is 0 Å². The van der Waals surface area contributed by atoms with Crippen LogP contribution in [0, 0.1) is 0 Å². The third-order valence-corrected chi connectivity index (χ3v) is 5.12. The summed E-state index contributed by atoms with van der Waals surface area (Å²) < 4.78 is 5.48. The van der Waals surface area contributed by atoms with Gasteiger partial charge in [-0.1, -0.05) is 17.7 Å². The number of fused-ring (bicyclic) bond motifs is 2. The molecule has 1 aromatic rings. The van der Waals surface area contributed by atoms with Crippen molar-refractivity contribution in [2.75, 3.05) is 13.1 Å². The van der Waals surface area contributed by atoms with Crippen LogP contribution < -0.4 is 0 Å². The molecular formula is C18H24ClNO2. The van der Waals surface area contributed by atoms with Crippen molar-refractivity contribution in [1.82, 2.24) is 4.90 Å². The summed E-state index contributed by atoms with van der Waals surface area (Å²) in [4.78, 5) is 14.0. The van der Waals surface area contributed by atoms with Gasteiger partial charge in [0.15, 0.2) is 0 Å². The number of amides is 1. The highest BCUT2D eigenvalue weighted by Crippen LogP contribution is 2.47. The standard InChI is InChI=1S/C18H24ClNO2/c1-17(2,3)22-16(21)20-10-8-18(9-11-20)7-6-13-4-5-14(19)12-15(13)18/h4-5,12H,6-11H2,1-3H3. The topological polar surface area (TPSA) is 29.5 Å². The normalized spacial score (nSPS) is 20.1. The average molecular weight is 322 g/mol. The van der Waals surface area contributed by atoms with E-state index < -0.39 is 5.60 Å². The van der Waals surface area contributed by atoms with Gasteiger partial charge in [-0.25, -0.2) is 4.79 Å². The maximum atomic E-state index is 12.2. The molecule has 22 heavy (non-hydrogen) atoms. The molecule has 0 bridgehead atoms. The molecule has 0 saturated carbocycles. The third-order valence-electron chi connectivity index (χ3n) is 4.89. The second-order valence-electron chi connectivity index (χ2n) is 7.55. The molecule has 1 amide bonds. The summed E-state index contributed by atoms with van der Waals surface area (Å²) in [6, 6.07) is 6.27. The van der Waals surface area contributed by atoms with Gasteiger partial charge in [0.25, 0.3) is 0 Å². The molecule has 2 aliphatic rings. The maximum Gasteiger partial charge on any atom is 0.410 e. The molecule has 3 rings (SSSR count). The maximum absolute atomic E-state index is 12.2. The molecule has 1 aliphatic heterocycles. The molecular weight excluding hydrogens is 298 g/mol. The summed E-state index contributed by atoms with van der Waals surface area (Å²) >= 11 is 6.19. The fraction of sp³-hybridized carbons (Fsp3) is 0.611. The molecule has 1 saturated heterocycles. The zero-order valence-electron chi connectivity index (χ0n) is 13.6. The first-order valence-electron chi connectivity index (χ1n) is 8.06. The van der Waals surface area contributed by atoms with E-state index in [2.05, 4.69) is 12.1 Å². The number of hydrogen-bond donors (Lipinski definition) is 0. The number of hydrogen-bond acceptors (Lipinski definition) is 2. The summed E-state index contributed by atoms with van der Waals surface area (Å²) in [5.74, 6) is 0. The van der Waals surface area contributed by atoms with Crippen LogP contribution in [0.1, 0.15) is 51.2 Å². The highest BCUT2D eigenvalue weighted by Gasteiger charge is 2.42. The van der Waals surface area contributed by atoms with Crippen molar-refractivity contribution >= 4 is 17.7 Å². The van der Waals surface area contributed by atoms with Crippen LogP contribution >= 0.6 is 11.6 Å². The lowest BCUT2D eigenvalue weighted by atomic mass is 9.74. The number of carbonyl (C=O) groups is 1. The van der Waals surface area contributed by atoms with Gasteiger partial charge in [0, 0.05) is 18.1 Å². The molecule has 1 aliphatic carbocycles. The number of ether oxygens (including phenoxy) is 1. The first-order chi connectivity index (χ1) is 10.3. The second kappa shape index (κ2) is 5.45. The molecule has 1 aromatic carbocycles. The molecule has 1 fully saturated rings. The Morgan fingerprint density at radius 1 is 1.23 bits per heavy atom. The van der Waals surface area contributed by atoms with E-state index in [0.29, 0.717) is 0 Å². The van der Waals surface area contributed by atoms with Crippen LogP contribution in [-0.2, 0) is 16.6 Å². The van der Waals surface area contributed by atoms with Crippen molar-refractivity contribution < 1.29 is 9.53 Å². The zero-order valence-corrected chi connectivity index (χ0v) is 14.4. The monoisotopic (exact) mass is 321 g/mol. The number of halogens is 1. The van der Waals surface area contributed by atoms with Gasteiger partial charge in [0.2, 0.25) is 0 Å². The van der Waals surface area contributed by atoms with Crippen molar-refractivity contribution in [3.05, 3.63) is 34.3 Å². The van der Waals surface area contributed by atoms with Gasteiger partial charge in [-0.15, -0.1) is 0 Å². The SMILES string of the molecule is CC(C)(C)OC(=O)N1CCC2(CCc3ccc(Cl)cc32)CC1. The Hall–Kier alpha value is -1.22. The van der Waals surface area contributed by atoms with E-state index in [-0.39, 0.29) is 11.5 Å². The Balaban J connectivity index is 1.71. The number of benzene rings is 1. The first-order valence-corrected chi connectivity index (χ1v) is 8.44. The summed E-state index contributed by atoms with van der Waals surface area (Å²) in [5, 5.41) is 0.814. The highest BCUT2D eigenvalue weighted by molar-refractivity contribution is 6.30. The lowest BCUT2D eigenvalue weighted by Crippen LogP contribution is -2.46. The van der Waals surface area contributed by atoms with Gasteiger partial charge in [0.05, 0.1) is 0 Å². The minimum atomic E-state index is -0.431. The minimum Gasteiger partial charge on any atom is -0.444 e. The number of likely N-dealkylation sites (tertiary alicyclic amines) is 1. The molecule has 1 heterocycles. The van der Waals surface area contributed by atoms with Gasteiger partial charge in [-0.3, -0.25) is 0 Å². The summed E-state index contributed by atoms with van der Waals surface area (Å²) in [7, 11) is 0. The van der Waals surface area contributed by atoms with E-state index in [0.717, 1.165) is 37.4 Å². The predicted molar refractivity (Wildman–Crippen MR) is 88.5 cm³/mol. The van der Waals surface area contributed by atoms with E-state index in [1.165, 1.54) is 17.5 Å². The second-order valence-corrected chi connectivity index (χ2v) is 7.99. The fourth-order valence-corrected chi connectivity index (χ4v) is 3.90. The lowest BCUT2D eigenvalue weighted by Gasteiger charge is -2.40. The van der Waals surface area contributed by atoms with E-state index >= 15 is 0 Å². The van der Waals surface area contributed by atoms with Crippen LogP contribution in [0.15, 0.2) is 18.2 Å². The molecule has 0 atom stereocenters. The Bertz CT molecular complexity index is 583. The van der Waals surface area contributed by atoms with Crippen LogP contribution in [0.5, 0.6) is 0 Å². The number of aryl methyl sites for hydroxylation is 1. The highest BCUT2D eigenvalue weighted by atomic mass is 35.5.